The van der Waals surface area contributed by atoms with Gasteiger partial charge >= 0.3 is 0 Å². The first kappa shape index (κ1) is 18.7. The van der Waals surface area contributed by atoms with E-state index in [-0.39, 0.29) is 35.8 Å². The van der Waals surface area contributed by atoms with Gasteiger partial charge in [-0.2, -0.15) is 0 Å². The maximum absolute atomic E-state index is 12.5. The highest BCUT2D eigenvalue weighted by molar-refractivity contribution is 9.10. The van der Waals surface area contributed by atoms with Gasteiger partial charge in [0.05, 0.1) is 4.90 Å². The lowest BCUT2D eigenvalue weighted by Gasteiger charge is -2.19. The van der Waals surface area contributed by atoms with Gasteiger partial charge in [0, 0.05) is 29.2 Å². The zero-order valence-electron chi connectivity index (χ0n) is 12.3. The number of carbonyl (C=O) groups is 1. The van der Waals surface area contributed by atoms with Crippen LogP contribution in [0.5, 0.6) is 0 Å². The fourth-order valence-electron chi connectivity index (χ4n) is 2.56. The second kappa shape index (κ2) is 7.06. The Balaban J connectivity index is 0.00000192. The molecule has 4 N–H and O–H groups in total. The lowest BCUT2D eigenvalue weighted by atomic mass is 10.0. The summed E-state index contributed by atoms with van der Waals surface area (Å²) in [5, 5.41) is 2.72. The Hall–Kier alpha value is -0.670. The number of nitrogens with two attached hydrogens (primary N) is 1. The number of rotatable bonds is 5. The second-order valence-electron chi connectivity index (χ2n) is 5.84. The van der Waals surface area contributed by atoms with E-state index in [0.29, 0.717) is 28.9 Å². The van der Waals surface area contributed by atoms with Crippen molar-refractivity contribution in [1.29, 1.82) is 0 Å². The van der Waals surface area contributed by atoms with Gasteiger partial charge < -0.3 is 11.1 Å². The number of benzene rings is 1. The highest BCUT2D eigenvalue weighted by Gasteiger charge is 2.30. The maximum atomic E-state index is 12.5. The molecule has 0 saturated heterocycles. The fraction of sp³-hybridized carbons (Fsp3) is 0.500. The molecule has 1 unspecified atom stereocenters. The maximum Gasteiger partial charge on any atom is 0.241 e. The Labute approximate surface area is 150 Å². The van der Waals surface area contributed by atoms with Crippen molar-refractivity contribution in [2.45, 2.75) is 36.6 Å². The largest absolute Gasteiger partial charge is 0.326 e. The van der Waals surface area contributed by atoms with Gasteiger partial charge in [-0.3, -0.25) is 4.79 Å². The number of fused-ring (bicyclic) bond motifs is 1. The summed E-state index contributed by atoms with van der Waals surface area (Å²) < 4.78 is 28.0. The molecule has 1 saturated carbocycles. The molecule has 1 aromatic carbocycles. The van der Waals surface area contributed by atoms with E-state index in [1.807, 2.05) is 0 Å². The van der Waals surface area contributed by atoms with Crippen molar-refractivity contribution in [3.8, 4) is 0 Å². The van der Waals surface area contributed by atoms with Crippen LogP contribution in [-0.4, -0.2) is 26.9 Å². The Morgan fingerprint density at radius 1 is 1.35 bits per heavy atom. The average molecular weight is 425 g/mol. The number of halogens is 2. The molecule has 1 fully saturated rings. The summed E-state index contributed by atoms with van der Waals surface area (Å²) in [5.41, 5.74) is 7.43. The van der Waals surface area contributed by atoms with Gasteiger partial charge in [0.2, 0.25) is 15.9 Å². The minimum Gasteiger partial charge on any atom is -0.326 e. The predicted octanol–water partition coefficient (Wildman–Crippen LogP) is 1.77. The molecule has 1 aromatic rings. The third-order valence-electron chi connectivity index (χ3n) is 4.08. The SMILES string of the molecule is Cl.NC(CNS(=O)(=O)c1cc2c(cc1Br)CCC(=O)N2)C1CC1. The zero-order valence-corrected chi connectivity index (χ0v) is 15.6. The molecule has 0 aromatic heterocycles. The van der Waals surface area contributed by atoms with Crippen molar-refractivity contribution in [1.82, 2.24) is 4.72 Å². The second-order valence-corrected chi connectivity index (χ2v) is 8.43. The van der Waals surface area contributed by atoms with Crippen LogP contribution in [0.15, 0.2) is 21.5 Å². The van der Waals surface area contributed by atoms with Gasteiger partial charge in [-0.15, -0.1) is 12.4 Å². The average Bonchev–Trinajstić information content (AvgIpc) is 3.29. The molecule has 1 amide bonds. The van der Waals surface area contributed by atoms with Crippen molar-refractivity contribution in [3.05, 3.63) is 22.2 Å². The normalized spacial score (nSPS) is 18.6. The van der Waals surface area contributed by atoms with Crippen LogP contribution in [0, 0.1) is 5.92 Å². The molecule has 1 heterocycles. The molecule has 2 aliphatic rings. The number of hydrogen-bond donors (Lipinski definition) is 3. The molecule has 9 heteroatoms. The van der Waals surface area contributed by atoms with Crippen molar-refractivity contribution in [2.75, 3.05) is 11.9 Å². The van der Waals surface area contributed by atoms with Gasteiger partial charge in [0.25, 0.3) is 0 Å². The molecular formula is C14H19BrClN3O3S. The van der Waals surface area contributed by atoms with Crippen molar-refractivity contribution in [2.24, 2.45) is 11.7 Å². The van der Waals surface area contributed by atoms with Crippen LogP contribution in [0.25, 0.3) is 0 Å². The number of carbonyl (C=O) groups excluding carboxylic acids is 1. The topological polar surface area (TPSA) is 101 Å². The molecule has 128 valence electrons. The van der Waals surface area contributed by atoms with E-state index in [9.17, 15) is 13.2 Å². The lowest BCUT2D eigenvalue weighted by molar-refractivity contribution is -0.116. The van der Waals surface area contributed by atoms with Crippen LogP contribution in [0.3, 0.4) is 0 Å². The van der Waals surface area contributed by atoms with E-state index in [0.717, 1.165) is 18.4 Å². The number of nitrogens with one attached hydrogen (secondary N) is 2. The van der Waals surface area contributed by atoms with Crippen LogP contribution < -0.4 is 15.8 Å². The first-order chi connectivity index (χ1) is 10.4. The Morgan fingerprint density at radius 3 is 2.70 bits per heavy atom. The van der Waals surface area contributed by atoms with E-state index < -0.39 is 10.0 Å². The molecule has 3 rings (SSSR count). The number of sulfonamides is 1. The summed E-state index contributed by atoms with van der Waals surface area (Å²) in [6.45, 7) is 0.225. The van der Waals surface area contributed by atoms with Crippen LogP contribution >= 0.6 is 28.3 Å². The first-order valence-electron chi connectivity index (χ1n) is 7.24. The highest BCUT2D eigenvalue weighted by atomic mass is 79.9. The molecule has 6 nitrogen and oxygen atoms in total. The number of anilines is 1. The van der Waals surface area contributed by atoms with E-state index in [4.69, 9.17) is 5.73 Å². The van der Waals surface area contributed by atoms with Crippen LogP contribution in [0.2, 0.25) is 0 Å². The zero-order chi connectivity index (χ0) is 15.9. The quantitative estimate of drug-likeness (QED) is 0.670. The molecule has 0 radical (unpaired) electrons. The lowest BCUT2D eigenvalue weighted by Crippen LogP contribution is -2.38. The van der Waals surface area contributed by atoms with Gasteiger partial charge in [0.15, 0.2) is 0 Å². The number of hydrogen-bond acceptors (Lipinski definition) is 4. The number of aryl methyl sites for hydroxylation is 1. The molecule has 1 aliphatic carbocycles. The van der Waals surface area contributed by atoms with Crippen LogP contribution in [0.4, 0.5) is 5.69 Å². The van der Waals surface area contributed by atoms with Crippen molar-refractivity contribution in [3.63, 3.8) is 0 Å². The van der Waals surface area contributed by atoms with E-state index in [2.05, 4.69) is 26.0 Å². The smallest absolute Gasteiger partial charge is 0.241 e. The fourth-order valence-corrected chi connectivity index (χ4v) is 4.75. The van der Waals surface area contributed by atoms with Crippen LogP contribution in [0.1, 0.15) is 24.8 Å². The monoisotopic (exact) mass is 423 g/mol. The Kier molecular flexibility index (Phi) is 5.73. The number of amides is 1. The van der Waals surface area contributed by atoms with Gasteiger partial charge in [-0.05, 0) is 58.8 Å². The summed E-state index contributed by atoms with van der Waals surface area (Å²) in [6, 6.07) is 3.11. The minimum atomic E-state index is -3.67. The summed E-state index contributed by atoms with van der Waals surface area (Å²) in [6.07, 6.45) is 3.16. The van der Waals surface area contributed by atoms with E-state index >= 15 is 0 Å². The summed E-state index contributed by atoms with van der Waals surface area (Å²) >= 11 is 3.31. The summed E-state index contributed by atoms with van der Waals surface area (Å²) in [4.78, 5) is 11.6. The van der Waals surface area contributed by atoms with E-state index in [1.54, 1.807) is 6.07 Å². The van der Waals surface area contributed by atoms with E-state index in [1.165, 1.54) is 6.07 Å². The third-order valence-corrected chi connectivity index (χ3v) is 6.46. The van der Waals surface area contributed by atoms with Gasteiger partial charge in [-0.1, -0.05) is 0 Å². The molecular weight excluding hydrogens is 406 g/mol. The highest BCUT2D eigenvalue weighted by Crippen LogP contribution is 2.33. The first-order valence-corrected chi connectivity index (χ1v) is 9.52. The summed E-state index contributed by atoms with van der Waals surface area (Å²) in [5.74, 6) is 0.329. The third kappa shape index (κ3) is 4.24. The summed E-state index contributed by atoms with van der Waals surface area (Å²) in [7, 11) is -3.67. The molecule has 23 heavy (non-hydrogen) atoms. The molecule has 1 atom stereocenters. The van der Waals surface area contributed by atoms with Crippen molar-refractivity contribution >= 4 is 50.0 Å². The predicted molar refractivity (Wildman–Crippen MR) is 94.2 cm³/mol. The molecule has 0 bridgehead atoms. The molecule has 1 aliphatic heterocycles. The van der Waals surface area contributed by atoms with Gasteiger partial charge in [0.1, 0.15) is 0 Å². The van der Waals surface area contributed by atoms with Crippen LogP contribution in [-0.2, 0) is 21.2 Å². The standard InChI is InChI=1S/C14H18BrN3O3S.ClH/c15-10-5-9-3-4-14(19)18-12(9)6-13(10)22(20,21)17-7-11(16)8-1-2-8;/h5-6,8,11,17H,1-4,7,16H2,(H,18,19);1H. The Bertz CT molecular complexity index is 722. The molecule has 0 spiro atoms. The minimum absolute atomic E-state index is 0. The Morgan fingerprint density at radius 2 is 2.04 bits per heavy atom. The van der Waals surface area contributed by atoms with Crippen molar-refractivity contribution < 1.29 is 13.2 Å². The van der Waals surface area contributed by atoms with Gasteiger partial charge in [-0.25, -0.2) is 13.1 Å².